The van der Waals surface area contributed by atoms with E-state index in [1.165, 1.54) is 89.1 Å². The van der Waals surface area contributed by atoms with Crippen LogP contribution in [0.1, 0.15) is 69.8 Å². The third kappa shape index (κ3) is 9.27. The summed E-state index contributed by atoms with van der Waals surface area (Å²) in [6, 6.07) is 22.5. The van der Waals surface area contributed by atoms with Gasteiger partial charge in [-0.05, 0) is 81.7 Å². The first-order chi connectivity index (χ1) is 21.8. The summed E-state index contributed by atoms with van der Waals surface area (Å²) in [5.41, 5.74) is 6.31. The van der Waals surface area contributed by atoms with E-state index in [1.54, 1.807) is 37.4 Å². The Morgan fingerprint density at radius 2 is 1.58 bits per heavy atom. The van der Waals surface area contributed by atoms with E-state index >= 15 is 0 Å². The molecule has 0 spiro atoms. The standard InChI is InChI=1S/C20H32NP.C15H13FNO3S.Au.ClH/c1-21(2)19-15-9-10-16-20(19)22(17-11-5-3-6-12-17)18-13-7-4-8-14-18;1-20-14-7-6-12(10-15(14)21(16,18)19)17-9-8-11-4-2-3-5-13(11)17;;/h9-10,15-18H,3-8,11-14H2,1-2H3;3-7,10H,8-9H2,1H3;;1H/q;-1;+1;. The summed E-state index contributed by atoms with van der Waals surface area (Å²) in [6.07, 6.45) is 15.8. The molecule has 0 atom stereocenters. The normalized spacial score (nSPS) is 17.1. The number of hydrogen-bond donors (Lipinski definition) is 0. The van der Waals surface area contributed by atoms with Crippen molar-refractivity contribution in [2.45, 2.75) is 86.8 Å². The molecule has 2 aliphatic carbocycles. The molecule has 3 aromatic carbocycles. The van der Waals surface area contributed by atoms with Gasteiger partial charge in [-0.2, -0.15) is 26.6 Å². The molecule has 0 amide bonds. The molecule has 3 aromatic rings. The molecule has 0 unspecified atom stereocenters. The molecule has 45 heavy (non-hydrogen) atoms. The van der Waals surface area contributed by atoms with Gasteiger partial charge in [0.15, 0.2) is 0 Å². The van der Waals surface area contributed by atoms with Crippen molar-refractivity contribution in [2.75, 3.05) is 37.5 Å². The van der Waals surface area contributed by atoms with Crippen LogP contribution in [0.3, 0.4) is 0 Å². The molecular formula is C35H46AuClFN2O3PS. The van der Waals surface area contributed by atoms with E-state index in [-0.39, 0.29) is 5.75 Å². The van der Waals surface area contributed by atoms with Gasteiger partial charge in [0.05, 0.1) is 24.1 Å². The van der Waals surface area contributed by atoms with Gasteiger partial charge >= 0.3 is 39.4 Å². The predicted octanol–water partition coefficient (Wildman–Crippen LogP) is 8.79. The number of benzene rings is 3. The van der Waals surface area contributed by atoms with Crippen LogP contribution in [0, 0.1) is 6.07 Å². The second-order valence-electron chi connectivity index (χ2n) is 12.3. The van der Waals surface area contributed by atoms with Crippen molar-refractivity contribution in [3.63, 3.8) is 0 Å². The van der Waals surface area contributed by atoms with E-state index < -0.39 is 23.0 Å². The second kappa shape index (κ2) is 17.5. The molecule has 0 radical (unpaired) electrons. The first-order valence-electron chi connectivity index (χ1n) is 15.9. The molecule has 0 aromatic heterocycles. The summed E-state index contributed by atoms with van der Waals surface area (Å²) < 4.78 is 40.8. The van der Waals surface area contributed by atoms with Crippen LogP contribution < -0.4 is 19.8 Å². The zero-order chi connectivity index (χ0) is 32.4. The Kier molecular flexibility index (Phi) is 14.1. The van der Waals surface area contributed by atoms with Crippen molar-refractivity contribution in [1.29, 1.82) is 0 Å². The minimum absolute atomic E-state index is 0.00191. The molecule has 250 valence electrons. The third-order valence-corrected chi connectivity index (χ3v) is 14.1. The Labute approximate surface area is 287 Å². The zero-order valence-electron chi connectivity index (χ0n) is 26.5. The first-order valence-corrected chi connectivity index (χ1v) is 21.6. The van der Waals surface area contributed by atoms with Crippen LogP contribution in [0.25, 0.3) is 0 Å². The van der Waals surface area contributed by atoms with E-state index in [1.807, 2.05) is 17.0 Å². The van der Waals surface area contributed by atoms with Gasteiger partial charge in [0.1, 0.15) is 15.9 Å². The molecule has 3 aliphatic rings. The van der Waals surface area contributed by atoms with E-state index in [2.05, 4.69) is 58.5 Å². The summed E-state index contributed by atoms with van der Waals surface area (Å²) in [4.78, 5) is 3.86. The number of rotatable bonds is 7. The molecule has 1 aliphatic heterocycles. The molecule has 2 fully saturated rings. The molecule has 2 saturated carbocycles. The van der Waals surface area contributed by atoms with E-state index in [0.29, 0.717) is 12.2 Å². The molecule has 5 nitrogen and oxygen atoms in total. The second-order valence-corrected chi connectivity index (χ2v) is 16.7. The number of fused-ring (bicyclic) bond motifs is 1. The van der Waals surface area contributed by atoms with Crippen LogP contribution in [-0.4, -0.2) is 47.5 Å². The fraction of sp³-hybridized carbons (Fsp3) is 0.486. The summed E-state index contributed by atoms with van der Waals surface area (Å²) >= 11 is 1.75. The number of ether oxygens (including phenoxy) is 1. The Morgan fingerprint density at radius 1 is 0.956 bits per heavy atom. The van der Waals surface area contributed by atoms with Gasteiger partial charge in [-0.25, -0.2) is 0 Å². The van der Waals surface area contributed by atoms with Gasteiger partial charge in [-0.1, -0.05) is 37.1 Å². The van der Waals surface area contributed by atoms with Crippen molar-refractivity contribution in [2.24, 2.45) is 0 Å². The van der Waals surface area contributed by atoms with Gasteiger partial charge in [0.2, 0.25) is 0 Å². The average Bonchev–Trinajstić information content (AvgIpc) is 3.51. The van der Waals surface area contributed by atoms with Gasteiger partial charge < -0.3 is 14.5 Å². The minimum atomic E-state index is -4.83. The van der Waals surface area contributed by atoms with Crippen molar-refractivity contribution < 1.29 is 37.0 Å². The number of methoxy groups -OCH3 is 1. The van der Waals surface area contributed by atoms with Gasteiger partial charge in [0, 0.05) is 34.2 Å². The molecule has 0 saturated heterocycles. The van der Waals surface area contributed by atoms with Gasteiger partial charge in [-0.15, -0.1) is 15.5 Å². The Hall–Kier alpha value is -1.60. The Morgan fingerprint density at radius 3 is 2.16 bits per heavy atom. The van der Waals surface area contributed by atoms with E-state index in [0.717, 1.165) is 29.0 Å². The number of para-hydroxylation sites is 1. The topological polar surface area (TPSA) is 49.9 Å². The van der Waals surface area contributed by atoms with Crippen LogP contribution in [0.2, 0.25) is 0 Å². The van der Waals surface area contributed by atoms with Gasteiger partial charge in [-0.3, -0.25) is 0 Å². The van der Waals surface area contributed by atoms with E-state index in [9.17, 15) is 12.3 Å². The van der Waals surface area contributed by atoms with Crippen LogP contribution in [0.4, 0.5) is 20.9 Å². The van der Waals surface area contributed by atoms with Crippen molar-refractivity contribution in [3.05, 3.63) is 72.3 Å². The van der Waals surface area contributed by atoms with Crippen LogP contribution >= 0.6 is 17.1 Å². The molecule has 0 N–H and O–H groups in total. The van der Waals surface area contributed by atoms with Crippen molar-refractivity contribution in [3.8, 4) is 5.75 Å². The van der Waals surface area contributed by atoms with Crippen LogP contribution in [0.5, 0.6) is 5.75 Å². The quantitative estimate of drug-likeness (QED) is 0.103. The Balaban J connectivity index is 0.000000194. The Bertz CT molecular complexity index is 1470. The number of halogens is 2. The molecular weight excluding hydrogens is 811 g/mol. The number of anilines is 3. The van der Waals surface area contributed by atoms with Crippen LogP contribution in [0.15, 0.2) is 65.6 Å². The average molecular weight is 857 g/mol. The predicted molar refractivity (Wildman–Crippen MR) is 186 cm³/mol. The first kappa shape index (κ1) is 36.2. The fourth-order valence-electron chi connectivity index (χ4n) is 7.27. The van der Waals surface area contributed by atoms with Crippen molar-refractivity contribution >= 4 is 49.7 Å². The number of hydrogen-bond acceptors (Lipinski definition) is 5. The molecule has 6 rings (SSSR count). The molecule has 0 bridgehead atoms. The van der Waals surface area contributed by atoms with Crippen LogP contribution in [-0.2, 0) is 36.6 Å². The summed E-state index contributed by atoms with van der Waals surface area (Å²) in [6.45, 7) is 0.714. The monoisotopic (exact) mass is 856 g/mol. The fourth-order valence-corrected chi connectivity index (χ4v) is 12.4. The summed E-state index contributed by atoms with van der Waals surface area (Å²) in [7, 11) is 5.07. The number of nitrogens with zero attached hydrogens (tertiary/aromatic N) is 2. The maximum absolute atomic E-state index is 13.4. The summed E-state index contributed by atoms with van der Waals surface area (Å²) in [5, 5.41) is 1.75. The maximum atomic E-state index is 13.4. The molecule has 1 heterocycles. The van der Waals surface area contributed by atoms with Crippen molar-refractivity contribution in [1.82, 2.24) is 0 Å². The molecule has 10 heteroatoms. The SMILES string of the molecule is CN(C)c1ccccc1[PH+](C1CCCCC1)C1CCCCC1.COc1ccc(N2CCc3c[c-]ccc32)cc1S(=O)(=O)F.[Cl][Au]. The zero-order valence-corrected chi connectivity index (χ0v) is 31.2. The van der Waals surface area contributed by atoms with Gasteiger partial charge in [0.25, 0.3) is 0 Å². The third-order valence-electron chi connectivity index (χ3n) is 9.33. The van der Waals surface area contributed by atoms with E-state index in [4.69, 9.17) is 4.74 Å². The summed E-state index contributed by atoms with van der Waals surface area (Å²) in [5.74, 6) is 0.00191.